The molecule has 0 amide bonds. The van der Waals surface area contributed by atoms with Gasteiger partial charge in [-0.2, -0.15) is 0 Å². The van der Waals surface area contributed by atoms with Crippen LogP contribution in [0, 0.1) is 11.3 Å². The van der Waals surface area contributed by atoms with Crippen molar-refractivity contribution in [2.45, 2.75) is 40.3 Å². The molecule has 0 saturated heterocycles. The minimum absolute atomic E-state index is 0.00831. The molecule has 0 radical (unpaired) electrons. The Bertz CT molecular complexity index is 161. The van der Waals surface area contributed by atoms with Gasteiger partial charge in [-0.15, -0.1) is 0 Å². The number of hydrogen-bond acceptors (Lipinski definition) is 2. The average Bonchev–Trinajstić information content (AvgIpc) is 2.01. The van der Waals surface area contributed by atoms with Crippen molar-refractivity contribution in [2.24, 2.45) is 11.3 Å². The van der Waals surface area contributed by atoms with Crippen molar-refractivity contribution in [1.82, 2.24) is 0 Å². The maximum absolute atomic E-state index is 11.5. The first-order chi connectivity index (χ1) is 5.89. The number of ether oxygens (including phenoxy) is 1. The van der Waals surface area contributed by atoms with Crippen LogP contribution in [0.4, 0.5) is 0 Å². The lowest BCUT2D eigenvalue weighted by Crippen LogP contribution is -2.27. The van der Waals surface area contributed by atoms with Crippen LogP contribution in [0.2, 0.25) is 12.6 Å². The molecule has 0 aliphatic heterocycles. The zero-order valence-electron chi connectivity index (χ0n) is 9.52. The molecule has 78 valence electrons. The fourth-order valence-corrected chi connectivity index (χ4v) is 1.23. The predicted octanol–water partition coefficient (Wildman–Crippen LogP) is 1.85. The maximum atomic E-state index is 11.5. The number of carbonyl (C=O) groups is 1. The second-order valence-corrected chi connectivity index (χ2v) is 6.32. The molecule has 0 rings (SSSR count). The topological polar surface area (TPSA) is 26.3 Å². The monoisotopic (exact) mass is 202 g/mol. The molecular weight excluding hydrogens is 180 g/mol. The molecule has 0 saturated carbocycles. The Hall–Kier alpha value is -0.313. The second kappa shape index (κ2) is 5.42. The Labute approximate surface area is 83.9 Å². The van der Waals surface area contributed by atoms with E-state index in [0.29, 0.717) is 6.61 Å². The van der Waals surface area contributed by atoms with Gasteiger partial charge in [0, 0.05) is 9.52 Å². The molecule has 1 atom stereocenters. The van der Waals surface area contributed by atoms with Crippen molar-refractivity contribution >= 4 is 15.5 Å². The SMILES string of the molecule is C[SiH2]CCOC(=O)C(C)C(C)(C)C. The Morgan fingerprint density at radius 3 is 2.38 bits per heavy atom. The summed E-state index contributed by atoms with van der Waals surface area (Å²) in [6.07, 6.45) is 0. The van der Waals surface area contributed by atoms with Gasteiger partial charge in [0.25, 0.3) is 0 Å². The Balaban J connectivity index is 3.84. The van der Waals surface area contributed by atoms with Crippen LogP contribution in [0.25, 0.3) is 0 Å². The zero-order chi connectivity index (χ0) is 10.5. The molecule has 13 heavy (non-hydrogen) atoms. The van der Waals surface area contributed by atoms with E-state index in [2.05, 4.69) is 27.3 Å². The van der Waals surface area contributed by atoms with Crippen LogP contribution < -0.4 is 0 Å². The number of hydrogen-bond donors (Lipinski definition) is 0. The summed E-state index contributed by atoms with van der Waals surface area (Å²) >= 11 is 0. The van der Waals surface area contributed by atoms with Crippen molar-refractivity contribution in [2.75, 3.05) is 6.61 Å². The summed E-state index contributed by atoms with van der Waals surface area (Å²) in [4.78, 5) is 11.5. The zero-order valence-corrected chi connectivity index (χ0v) is 10.9. The van der Waals surface area contributed by atoms with Crippen LogP contribution in [0.3, 0.4) is 0 Å². The third-order valence-electron chi connectivity index (χ3n) is 2.39. The maximum Gasteiger partial charge on any atom is 0.309 e. The number of carbonyl (C=O) groups excluding carboxylic acids is 1. The van der Waals surface area contributed by atoms with Gasteiger partial charge in [-0.1, -0.05) is 34.2 Å². The number of esters is 1. The molecule has 0 spiro atoms. The molecule has 0 aliphatic carbocycles. The molecule has 2 nitrogen and oxygen atoms in total. The fraction of sp³-hybridized carbons (Fsp3) is 0.900. The molecule has 3 heteroatoms. The van der Waals surface area contributed by atoms with E-state index < -0.39 is 0 Å². The van der Waals surface area contributed by atoms with Crippen LogP contribution in [-0.2, 0) is 9.53 Å². The Kier molecular flexibility index (Phi) is 5.29. The van der Waals surface area contributed by atoms with Gasteiger partial charge in [0.15, 0.2) is 0 Å². The molecule has 0 heterocycles. The minimum Gasteiger partial charge on any atom is -0.466 e. The molecule has 0 fully saturated rings. The van der Waals surface area contributed by atoms with Crippen LogP contribution in [0.1, 0.15) is 27.7 Å². The van der Waals surface area contributed by atoms with E-state index >= 15 is 0 Å². The van der Waals surface area contributed by atoms with Crippen molar-refractivity contribution in [3.8, 4) is 0 Å². The van der Waals surface area contributed by atoms with E-state index in [-0.39, 0.29) is 26.8 Å². The first-order valence-corrected chi connectivity index (χ1v) is 7.47. The van der Waals surface area contributed by atoms with E-state index in [4.69, 9.17) is 4.74 Å². The third kappa shape index (κ3) is 5.08. The summed E-state index contributed by atoms with van der Waals surface area (Å²) < 4.78 is 5.17. The van der Waals surface area contributed by atoms with Crippen molar-refractivity contribution in [3.63, 3.8) is 0 Å². The molecule has 0 bridgehead atoms. The smallest absolute Gasteiger partial charge is 0.309 e. The van der Waals surface area contributed by atoms with Crippen LogP contribution in [0.15, 0.2) is 0 Å². The van der Waals surface area contributed by atoms with Crippen LogP contribution in [0.5, 0.6) is 0 Å². The van der Waals surface area contributed by atoms with Gasteiger partial charge in [0.05, 0.1) is 12.5 Å². The van der Waals surface area contributed by atoms with Gasteiger partial charge >= 0.3 is 5.97 Å². The lowest BCUT2D eigenvalue weighted by Gasteiger charge is -2.25. The highest BCUT2D eigenvalue weighted by molar-refractivity contribution is 6.33. The third-order valence-corrected chi connectivity index (χ3v) is 3.39. The first-order valence-electron chi connectivity index (χ1n) is 5.06. The highest BCUT2D eigenvalue weighted by Gasteiger charge is 2.27. The van der Waals surface area contributed by atoms with Crippen molar-refractivity contribution in [1.29, 1.82) is 0 Å². The normalized spacial score (nSPS) is 14.8. The molecule has 0 aliphatic rings. The van der Waals surface area contributed by atoms with Gasteiger partial charge in [-0.05, 0) is 11.5 Å². The summed E-state index contributed by atoms with van der Waals surface area (Å²) in [5.74, 6) is -0.0547. The fourth-order valence-electron chi connectivity index (χ4n) is 0.796. The largest absolute Gasteiger partial charge is 0.466 e. The second-order valence-electron chi connectivity index (χ2n) is 4.61. The predicted molar refractivity (Wildman–Crippen MR) is 58.8 cm³/mol. The highest BCUT2D eigenvalue weighted by Crippen LogP contribution is 2.26. The van der Waals surface area contributed by atoms with Crippen molar-refractivity contribution < 1.29 is 9.53 Å². The van der Waals surface area contributed by atoms with Gasteiger partial charge in [-0.3, -0.25) is 4.79 Å². The van der Waals surface area contributed by atoms with E-state index in [1.807, 2.05) is 6.92 Å². The minimum atomic E-state index is -0.0463. The van der Waals surface area contributed by atoms with E-state index in [0.717, 1.165) is 6.04 Å². The van der Waals surface area contributed by atoms with Crippen LogP contribution in [-0.4, -0.2) is 22.1 Å². The molecule has 0 N–H and O–H groups in total. The Morgan fingerprint density at radius 2 is 2.00 bits per heavy atom. The van der Waals surface area contributed by atoms with E-state index in [9.17, 15) is 4.79 Å². The molecular formula is C10H22O2Si. The molecule has 0 aromatic heterocycles. The number of rotatable bonds is 4. The van der Waals surface area contributed by atoms with Gasteiger partial charge in [0.2, 0.25) is 0 Å². The summed E-state index contributed by atoms with van der Waals surface area (Å²) in [5.41, 5.74) is 0.0146. The summed E-state index contributed by atoms with van der Waals surface area (Å²) in [6.45, 7) is 11.0. The van der Waals surface area contributed by atoms with Gasteiger partial charge < -0.3 is 4.74 Å². The summed E-state index contributed by atoms with van der Waals surface area (Å²) in [7, 11) is 0.0351. The van der Waals surface area contributed by atoms with E-state index in [1.54, 1.807) is 0 Å². The quantitative estimate of drug-likeness (QED) is 0.395. The molecule has 0 aromatic rings. The summed E-state index contributed by atoms with van der Waals surface area (Å²) in [6, 6.07) is 1.10. The van der Waals surface area contributed by atoms with Gasteiger partial charge in [0.1, 0.15) is 0 Å². The lowest BCUT2D eigenvalue weighted by atomic mass is 9.82. The molecule has 1 unspecified atom stereocenters. The van der Waals surface area contributed by atoms with Crippen LogP contribution >= 0.6 is 0 Å². The standard InChI is InChI=1S/C10H22O2Si/c1-8(10(2,3)4)9(11)12-6-7-13-5/h8H,6-7,13H2,1-5H3. The Morgan fingerprint density at radius 1 is 1.46 bits per heavy atom. The van der Waals surface area contributed by atoms with Crippen molar-refractivity contribution in [3.05, 3.63) is 0 Å². The molecule has 0 aromatic carbocycles. The first kappa shape index (κ1) is 12.7. The summed E-state index contributed by atoms with van der Waals surface area (Å²) in [5, 5.41) is 0. The lowest BCUT2D eigenvalue weighted by molar-refractivity contribution is -0.150. The average molecular weight is 202 g/mol. The van der Waals surface area contributed by atoms with Gasteiger partial charge in [-0.25, -0.2) is 0 Å². The van der Waals surface area contributed by atoms with E-state index in [1.165, 1.54) is 0 Å². The highest BCUT2D eigenvalue weighted by atomic mass is 28.2.